The Balaban J connectivity index is 1.69. The van der Waals surface area contributed by atoms with Crippen molar-refractivity contribution in [3.05, 3.63) is 35.7 Å². The van der Waals surface area contributed by atoms with E-state index in [1.807, 2.05) is 4.90 Å². The number of piperazine rings is 1. The maximum atomic E-state index is 13.9. The molecular formula is C16H20F2N4S. The Bertz CT molecular complexity index is 688. The first-order valence-electron chi connectivity index (χ1n) is 7.64. The van der Waals surface area contributed by atoms with Crippen LogP contribution in [0, 0.1) is 11.6 Å². The van der Waals surface area contributed by atoms with Crippen LogP contribution >= 0.6 is 11.5 Å². The first-order valence-corrected chi connectivity index (χ1v) is 8.41. The van der Waals surface area contributed by atoms with Crippen molar-refractivity contribution in [1.29, 1.82) is 0 Å². The van der Waals surface area contributed by atoms with Gasteiger partial charge in [0.15, 0.2) is 0 Å². The lowest BCUT2D eigenvalue weighted by molar-refractivity contribution is 0.552. The zero-order valence-electron chi connectivity index (χ0n) is 13.5. The lowest BCUT2D eigenvalue weighted by Crippen LogP contribution is -2.46. The van der Waals surface area contributed by atoms with Crippen molar-refractivity contribution in [2.75, 3.05) is 36.0 Å². The van der Waals surface area contributed by atoms with Crippen molar-refractivity contribution < 1.29 is 8.78 Å². The van der Waals surface area contributed by atoms with Crippen molar-refractivity contribution >= 4 is 22.4 Å². The SMILES string of the molecule is CC(C)(C)c1nsc(N2CCN(c3cc(F)ccc3F)CC2)n1. The molecule has 0 saturated carbocycles. The summed E-state index contributed by atoms with van der Waals surface area (Å²) < 4.78 is 31.6. The lowest BCUT2D eigenvalue weighted by Gasteiger charge is -2.35. The van der Waals surface area contributed by atoms with Crippen LogP contribution in [-0.2, 0) is 5.41 Å². The number of hydrogen-bond acceptors (Lipinski definition) is 5. The summed E-state index contributed by atoms with van der Waals surface area (Å²) in [5.74, 6) is 0.0460. The van der Waals surface area contributed by atoms with Crippen molar-refractivity contribution in [2.24, 2.45) is 0 Å². The molecule has 0 unspecified atom stereocenters. The van der Waals surface area contributed by atoms with E-state index in [4.69, 9.17) is 0 Å². The van der Waals surface area contributed by atoms with Gasteiger partial charge in [0.2, 0.25) is 5.13 Å². The second-order valence-corrected chi connectivity index (χ2v) is 7.45. The summed E-state index contributed by atoms with van der Waals surface area (Å²) in [6, 6.07) is 3.58. The molecule has 1 fully saturated rings. The summed E-state index contributed by atoms with van der Waals surface area (Å²) in [5, 5.41) is 0.897. The van der Waals surface area contributed by atoms with Crippen LogP contribution in [0.2, 0.25) is 0 Å². The van der Waals surface area contributed by atoms with E-state index >= 15 is 0 Å². The largest absolute Gasteiger partial charge is 0.366 e. The molecule has 0 aliphatic carbocycles. The average molecular weight is 338 g/mol. The third-order valence-electron chi connectivity index (χ3n) is 3.89. The van der Waals surface area contributed by atoms with E-state index in [1.54, 1.807) is 0 Å². The van der Waals surface area contributed by atoms with E-state index in [1.165, 1.54) is 23.7 Å². The molecule has 4 nitrogen and oxygen atoms in total. The number of halogens is 2. The van der Waals surface area contributed by atoms with E-state index in [-0.39, 0.29) is 11.2 Å². The summed E-state index contributed by atoms with van der Waals surface area (Å²) in [6.45, 7) is 8.95. The maximum Gasteiger partial charge on any atom is 0.205 e. The Morgan fingerprint density at radius 1 is 1.04 bits per heavy atom. The molecule has 2 aromatic rings. The van der Waals surface area contributed by atoms with Gasteiger partial charge in [0.25, 0.3) is 0 Å². The molecule has 23 heavy (non-hydrogen) atoms. The summed E-state index contributed by atoms with van der Waals surface area (Å²) in [6.07, 6.45) is 0. The highest BCUT2D eigenvalue weighted by molar-refractivity contribution is 7.09. The Morgan fingerprint density at radius 2 is 1.70 bits per heavy atom. The second kappa shape index (κ2) is 6.03. The number of aromatic nitrogens is 2. The molecule has 124 valence electrons. The molecule has 1 aliphatic heterocycles. The van der Waals surface area contributed by atoms with Crippen LogP contribution in [-0.4, -0.2) is 35.5 Å². The van der Waals surface area contributed by atoms with E-state index in [9.17, 15) is 8.78 Å². The third-order valence-corrected chi connectivity index (χ3v) is 4.66. The molecule has 0 amide bonds. The van der Waals surface area contributed by atoms with Crippen molar-refractivity contribution in [3.63, 3.8) is 0 Å². The lowest BCUT2D eigenvalue weighted by atomic mass is 9.96. The first-order chi connectivity index (χ1) is 10.8. The van der Waals surface area contributed by atoms with Crippen LogP contribution in [0.5, 0.6) is 0 Å². The topological polar surface area (TPSA) is 32.3 Å². The Labute approximate surface area is 138 Å². The number of nitrogens with zero attached hydrogens (tertiary/aromatic N) is 4. The fraction of sp³-hybridized carbons (Fsp3) is 0.500. The zero-order chi connectivity index (χ0) is 16.6. The van der Waals surface area contributed by atoms with Gasteiger partial charge in [-0.15, -0.1) is 0 Å². The zero-order valence-corrected chi connectivity index (χ0v) is 14.3. The molecular weight excluding hydrogens is 318 g/mol. The van der Waals surface area contributed by atoms with E-state index in [0.29, 0.717) is 31.9 Å². The quantitative estimate of drug-likeness (QED) is 0.840. The highest BCUT2D eigenvalue weighted by atomic mass is 32.1. The fourth-order valence-electron chi connectivity index (χ4n) is 2.52. The van der Waals surface area contributed by atoms with E-state index < -0.39 is 5.82 Å². The Hall–Kier alpha value is -1.76. The van der Waals surface area contributed by atoms with Gasteiger partial charge in [-0.3, -0.25) is 0 Å². The van der Waals surface area contributed by atoms with Gasteiger partial charge in [0.05, 0.1) is 5.69 Å². The minimum atomic E-state index is -0.414. The van der Waals surface area contributed by atoms with Gasteiger partial charge in [0, 0.05) is 49.2 Å². The molecule has 1 saturated heterocycles. The van der Waals surface area contributed by atoms with Gasteiger partial charge >= 0.3 is 0 Å². The van der Waals surface area contributed by atoms with Crippen molar-refractivity contribution in [1.82, 2.24) is 9.36 Å². The molecule has 0 N–H and O–H groups in total. The van der Waals surface area contributed by atoms with Crippen LogP contribution in [0.15, 0.2) is 18.2 Å². The maximum absolute atomic E-state index is 13.9. The summed E-state index contributed by atoms with van der Waals surface area (Å²) in [7, 11) is 0. The third kappa shape index (κ3) is 3.44. The summed E-state index contributed by atoms with van der Waals surface area (Å²) in [5.41, 5.74) is 0.263. The molecule has 0 radical (unpaired) electrons. The molecule has 1 aromatic carbocycles. The van der Waals surface area contributed by atoms with Gasteiger partial charge < -0.3 is 9.80 Å². The molecule has 0 bridgehead atoms. The minimum absolute atomic E-state index is 0.0682. The van der Waals surface area contributed by atoms with Gasteiger partial charge in [-0.1, -0.05) is 20.8 Å². The number of benzene rings is 1. The van der Waals surface area contributed by atoms with Crippen LogP contribution < -0.4 is 9.80 Å². The average Bonchev–Trinajstić information content (AvgIpc) is 3.00. The van der Waals surface area contributed by atoms with E-state index in [0.717, 1.165) is 17.0 Å². The highest BCUT2D eigenvalue weighted by Crippen LogP contribution is 2.27. The number of hydrogen-bond donors (Lipinski definition) is 0. The molecule has 2 heterocycles. The standard InChI is InChI=1S/C16H20F2N4S/c1-16(2,3)14-19-15(23-20-14)22-8-6-21(7-9-22)13-10-11(17)4-5-12(13)18/h4-5,10H,6-9H2,1-3H3. The van der Waals surface area contributed by atoms with Crippen LogP contribution in [0.1, 0.15) is 26.6 Å². The van der Waals surface area contributed by atoms with Crippen LogP contribution in [0.4, 0.5) is 19.6 Å². The molecule has 0 spiro atoms. The van der Waals surface area contributed by atoms with Crippen molar-refractivity contribution in [2.45, 2.75) is 26.2 Å². The molecule has 1 aliphatic rings. The van der Waals surface area contributed by atoms with E-state index in [2.05, 4.69) is 35.0 Å². The van der Waals surface area contributed by atoms with Gasteiger partial charge in [-0.25, -0.2) is 13.8 Å². The van der Waals surface area contributed by atoms with Gasteiger partial charge in [-0.05, 0) is 12.1 Å². The smallest absolute Gasteiger partial charge is 0.205 e. The molecule has 7 heteroatoms. The highest BCUT2D eigenvalue weighted by Gasteiger charge is 2.25. The number of anilines is 2. The predicted molar refractivity (Wildman–Crippen MR) is 89.4 cm³/mol. The Kier molecular flexibility index (Phi) is 4.23. The number of rotatable bonds is 2. The van der Waals surface area contributed by atoms with Crippen LogP contribution in [0.25, 0.3) is 0 Å². The fourth-order valence-corrected chi connectivity index (χ4v) is 3.42. The predicted octanol–water partition coefficient (Wildman–Crippen LogP) is 3.44. The first kappa shape index (κ1) is 16.1. The monoisotopic (exact) mass is 338 g/mol. The molecule has 1 aromatic heterocycles. The van der Waals surface area contributed by atoms with Gasteiger partial charge in [0.1, 0.15) is 17.5 Å². The second-order valence-electron chi connectivity index (χ2n) is 6.72. The summed E-state index contributed by atoms with van der Waals surface area (Å²) >= 11 is 1.40. The minimum Gasteiger partial charge on any atom is -0.366 e. The Morgan fingerprint density at radius 3 is 2.30 bits per heavy atom. The normalized spacial score (nSPS) is 16.0. The van der Waals surface area contributed by atoms with Crippen LogP contribution in [0.3, 0.4) is 0 Å². The molecule has 0 atom stereocenters. The van der Waals surface area contributed by atoms with Gasteiger partial charge in [-0.2, -0.15) is 4.37 Å². The molecule has 3 rings (SSSR count). The van der Waals surface area contributed by atoms with Crippen molar-refractivity contribution in [3.8, 4) is 0 Å². The summed E-state index contributed by atoms with van der Waals surface area (Å²) in [4.78, 5) is 8.64.